The summed E-state index contributed by atoms with van der Waals surface area (Å²) in [6.07, 6.45) is 6.83. The van der Waals surface area contributed by atoms with Gasteiger partial charge in [0.25, 0.3) is 5.91 Å². The average molecular weight is 295 g/mol. The van der Waals surface area contributed by atoms with Crippen molar-refractivity contribution in [3.63, 3.8) is 0 Å². The van der Waals surface area contributed by atoms with Crippen LogP contribution >= 0.6 is 0 Å². The summed E-state index contributed by atoms with van der Waals surface area (Å²) >= 11 is 0. The number of hydrogen-bond donors (Lipinski definition) is 1. The van der Waals surface area contributed by atoms with Gasteiger partial charge in [-0.2, -0.15) is 5.10 Å². The lowest BCUT2D eigenvalue weighted by molar-refractivity contribution is 0.0941. The lowest BCUT2D eigenvalue weighted by atomic mass is 10.1. The topological polar surface area (TPSA) is 64.7 Å². The van der Waals surface area contributed by atoms with Crippen LogP contribution in [0.4, 0.5) is 0 Å². The van der Waals surface area contributed by atoms with Gasteiger partial charge in [0.2, 0.25) is 0 Å². The first-order chi connectivity index (χ1) is 10.6. The van der Waals surface area contributed by atoms with Crippen LogP contribution in [0.15, 0.2) is 55.1 Å². The Balaban J connectivity index is 1.93. The molecule has 112 valence electrons. The number of imidazole rings is 1. The van der Waals surface area contributed by atoms with E-state index in [-0.39, 0.29) is 11.9 Å². The van der Waals surface area contributed by atoms with Crippen LogP contribution in [0.1, 0.15) is 27.8 Å². The molecule has 0 spiro atoms. The smallest absolute Gasteiger partial charge is 0.255 e. The summed E-state index contributed by atoms with van der Waals surface area (Å²) in [5.41, 5.74) is 1.51. The van der Waals surface area contributed by atoms with Crippen molar-refractivity contribution in [3.8, 4) is 0 Å². The molecule has 0 fully saturated rings. The Bertz CT molecular complexity index is 775. The third-order valence-corrected chi connectivity index (χ3v) is 3.49. The second-order valence-electron chi connectivity index (χ2n) is 5.12. The van der Waals surface area contributed by atoms with E-state index in [9.17, 15) is 4.79 Å². The first-order valence-corrected chi connectivity index (χ1v) is 6.97. The third kappa shape index (κ3) is 2.76. The van der Waals surface area contributed by atoms with Crippen molar-refractivity contribution in [2.24, 2.45) is 14.1 Å². The first kappa shape index (κ1) is 14.1. The largest absolute Gasteiger partial charge is 0.338 e. The summed E-state index contributed by atoms with van der Waals surface area (Å²) < 4.78 is 3.51. The molecule has 2 aromatic heterocycles. The molecule has 1 atom stereocenters. The molecular formula is C16H17N5O. The standard InChI is InChI=1S/C16H17N5O/c1-20-9-8-17-15(20)14(12-6-4-3-5-7-12)19-16(22)13-10-18-21(2)11-13/h3-11,14H,1-2H3,(H,19,22)/t14-/m0/s1. The zero-order valence-corrected chi connectivity index (χ0v) is 12.5. The summed E-state index contributed by atoms with van der Waals surface area (Å²) in [4.78, 5) is 16.8. The van der Waals surface area contributed by atoms with E-state index in [2.05, 4.69) is 15.4 Å². The minimum Gasteiger partial charge on any atom is -0.338 e. The molecule has 0 radical (unpaired) electrons. The van der Waals surface area contributed by atoms with E-state index in [1.807, 2.05) is 48.1 Å². The minimum absolute atomic E-state index is 0.176. The Morgan fingerprint density at radius 3 is 2.59 bits per heavy atom. The van der Waals surface area contributed by atoms with Gasteiger partial charge in [0, 0.05) is 32.7 Å². The molecule has 0 unspecified atom stereocenters. The molecule has 6 heteroatoms. The average Bonchev–Trinajstić information content (AvgIpc) is 3.14. The molecule has 0 aliphatic rings. The molecule has 1 amide bonds. The van der Waals surface area contributed by atoms with E-state index < -0.39 is 0 Å². The number of aryl methyl sites for hydroxylation is 2. The molecule has 0 bridgehead atoms. The number of nitrogens with one attached hydrogen (secondary N) is 1. The zero-order chi connectivity index (χ0) is 15.5. The number of aromatic nitrogens is 4. The lowest BCUT2D eigenvalue weighted by Gasteiger charge is -2.18. The number of carbonyl (C=O) groups excluding carboxylic acids is 1. The molecule has 0 aliphatic carbocycles. The van der Waals surface area contributed by atoms with Crippen molar-refractivity contribution in [2.75, 3.05) is 0 Å². The number of carbonyl (C=O) groups is 1. The Hall–Kier alpha value is -2.89. The lowest BCUT2D eigenvalue weighted by Crippen LogP contribution is -2.30. The van der Waals surface area contributed by atoms with E-state index >= 15 is 0 Å². The normalized spacial score (nSPS) is 12.1. The third-order valence-electron chi connectivity index (χ3n) is 3.49. The summed E-state index contributed by atoms with van der Waals surface area (Å²) in [5, 5.41) is 7.06. The Labute approximate surface area is 128 Å². The van der Waals surface area contributed by atoms with Gasteiger partial charge in [0.05, 0.1) is 11.8 Å². The quantitative estimate of drug-likeness (QED) is 0.796. The fourth-order valence-corrected chi connectivity index (χ4v) is 2.35. The molecule has 22 heavy (non-hydrogen) atoms. The van der Waals surface area contributed by atoms with Gasteiger partial charge in [-0.1, -0.05) is 30.3 Å². The van der Waals surface area contributed by atoms with E-state index in [0.717, 1.165) is 11.4 Å². The number of hydrogen-bond acceptors (Lipinski definition) is 3. The molecule has 2 heterocycles. The minimum atomic E-state index is -0.311. The molecule has 3 rings (SSSR count). The maximum Gasteiger partial charge on any atom is 0.255 e. The van der Waals surface area contributed by atoms with Gasteiger partial charge < -0.3 is 9.88 Å². The summed E-state index contributed by atoms with van der Waals surface area (Å²) in [6.45, 7) is 0. The van der Waals surface area contributed by atoms with Crippen LogP contribution in [0.5, 0.6) is 0 Å². The second kappa shape index (κ2) is 5.85. The summed E-state index contributed by atoms with van der Waals surface area (Å²) in [5.74, 6) is 0.605. The van der Waals surface area contributed by atoms with Crippen molar-refractivity contribution >= 4 is 5.91 Å². The van der Waals surface area contributed by atoms with Crippen LogP contribution < -0.4 is 5.32 Å². The number of rotatable bonds is 4. The highest BCUT2D eigenvalue weighted by atomic mass is 16.1. The molecule has 0 saturated carbocycles. The molecule has 3 aromatic rings. The highest BCUT2D eigenvalue weighted by Crippen LogP contribution is 2.20. The van der Waals surface area contributed by atoms with Crippen molar-refractivity contribution in [3.05, 3.63) is 72.1 Å². The Morgan fingerprint density at radius 2 is 2.00 bits per heavy atom. The molecule has 0 aliphatic heterocycles. The van der Waals surface area contributed by atoms with Gasteiger partial charge in [-0.25, -0.2) is 4.98 Å². The zero-order valence-electron chi connectivity index (χ0n) is 12.5. The number of benzene rings is 1. The molecule has 0 saturated heterocycles. The van der Waals surface area contributed by atoms with Crippen LogP contribution in [0.3, 0.4) is 0 Å². The van der Waals surface area contributed by atoms with Crippen LogP contribution in [0.2, 0.25) is 0 Å². The predicted octanol–water partition coefficient (Wildman–Crippen LogP) is 1.67. The van der Waals surface area contributed by atoms with Crippen LogP contribution in [0, 0.1) is 0 Å². The molecule has 1 aromatic carbocycles. The summed E-state index contributed by atoms with van der Waals surface area (Å²) in [7, 11) is 3.69. The van der Waals surface area contributed by atoms with Crippen molar-refractivity contribution in [1.29, 1.82) is 0 Å². The van der Waals surface area contributed by atoms with E-state index in [1.165, 1.54) is 0 Å². The van der Waals surface area contributed by atoms with Gasteiger partial charge in [0.15, 0.2) is 0 Å². The van der Waals surface area contributed by atoms with Crippen molar-refractivity contribution < 1.29 is 4.79 Å². The summed E-state index contributed by atoms with van der Waals surface area (Å²) in [6, 6.07) is 9.48. The Morgan fingerprint density at radius 1 is 1.23 bits per heavy atom. The number of amides is 1. The van der Waals surface area contributed by atoms with Gasteiger partial charge >= 0.3 is 0 Å². The Kier molecular flexibility index (Phi) is 3.74. The maximum absolute atomic E-state index is 12.4. The maximum atomic E-state index is 12.4. The van der Waals surface area contributed by atoms with Gasteiger partial charge in [-0.05, 0) is 5.56 Å². The number of nitrogens with zero attached hydrogens (tertiary/aromatic N) is 4. The molecular weight excluding hydrogens is 278 g/mol. The molecule has 6 nitrogen and oxygen atoms in total. The van der Waals surface area contributed by atoms with E-state index in [4.69, 9.17) is 0 Å². The SMILES string of the molecule is Cn1cc(C(=O)N[C@@H](c2ccccc2)c2nccn2C)cn1. The second-order valence-corrected chi connectivity index (χ2v) is 5.12. The predicted molar refractivity (Wildman–Crippen MR) is 82.2 cm³/mol. The van der Waals surface area contributed by atoms with Crippen molar-refractivity contribution in [1.82, 2.24) is 24.6 Å². The fourth-order valence-electron chi connectivity index (χ4n) is 2.35. The van der Waals surface area contributed by atoms with Crippen LogP contribution in [0.25, 0.3) is 0 Å². The van der Waals surface area contributed by atoms with E-state index in [0.29, 0.717) is 5.56 Å². The van der Waals surface area contributed by atoms with Crippen LogP contribution in [-0.4, -0.2) is 25.2 Å². The van der Waals surface area contributed by atoms with Crippen molar-refractivity contribution in [2.45, 2.75) is 6.04 Å². The highest BCUT2D eigenvalue weighted by molar-refractivity contribution is 5.94. The van der Waals surface area contributed by atoms with Gasteiger partial charge in [-0.15, -0.1) is 0 Å². The van der Waals surface area contributed by atoms with Crippen LogP contribution in [-0.2, 0) is 14.1 Å². The monoisotopic (exact) mass is 295 g/mol. The first-order valence-electron chi connectivity index (χ1n) is 6.97. The van der Waals surface area contributed by atoms with E-state index in [1.54, 1.807) is 30.3 Å². The fraction of sp³-hybridized carbons (Fsp3) is 0.188. The van der Waals surface area contributed by atoms with Gasteiger partial charge in [-0.3, -0.25) is 9.48 Å². The highest BCUT2D eigenvalue weighted by Gasteiger charge is 2.21. The molecule has 1 N–H and O–H groups in total. The van der Waals surface area contributed by atoms with Gasteiger partial charge in [0.1, 0.15) is 11.9 Å².